The van der Waals surface area contributed by atoms with Gasteiger partial charge in [-0.15, -0.1) is 5.10 Å². The molecule has 0 atom stereocenters. The molecule has 3 heterocycles. The van der Waals surface area contributed by atoms with E-state index in [1.807, 2.05) is 7.05 Å². The number of aryl methyl sites for hydroxylation is 2. The fraction of sp³-hybridized carbons (Fsp3) is 0.611. The highest BCUT2D eigenvalue weighted by atomic mass is 15.4. The molecule has 0 radical (unpaired) electrons. The molecule has 1 aliphatic carbocycles. The summed E-state index contributed by atoms with van der Waals surface area (Å²) in [4.78, 5) is 0. The summed E-state index contributed by atoms with van der Waals surface area (Å²) in [6.45, 7) is 4.80. The van der Waals surface area contributed by atoms with Gasteiger partial charge in [0.25, 0.3) is 0 Å². The molecule has 2 N–H and O–H groups in total. The maximum Gasteiger partial charge on any atom is 0.172 e. The van der Waals surface area contributed by atoms with E-state index in [2.05, 4.69) is 34.3 Å². The summed E-state index contributed by atoms with van der Waals surface area (Å²) in [5.41, 5.74) is 5.18. The third kappa shape index (κ3) is 2.57. The van der Waals surface area contributed by atoms with Crippen molar-refractivity contribution in [3.05, 3.63) is 23.4 Å². The van der Waals surface area contributed by atoms with Crippen LogP contribution < -0.4 is 10.6 Å². The molecule has 0 amide bonds. The second-order valence-corrected chi connectivity index (χ2v) is 7.35. The molecule has 5 heteroatoms. The Balaban J connectivity index is 1.57. The van der Waals surface area contributed by atoms with Gasteiger partial charge in [-0.2, -0.15) is 0 Å². The molecule has 124 valence electrons. The lowest BCUT2D eigenvalue weighted by molar-refractivity contribution is -0.895. The van der Waals surface area contributed by atoms with Crippen LogP contribution in [0.5, 0.6) is 0 Å². The van der Waals surface area contributed by atoms with Crippen LogP contribution >= 0.6 is 0 Å². The van der Waals surface area contributed by atoms with E-state index in [0.29, 0.717) is 0 Å². The third-order valence-corrected chi connectivity index (χ3v) is 5.69. The molecule has 0 bridgehead atoms. The Kier molecular flexibility index (Phi) is 3.68. The minimum absolute atomic E-state index is 0.983. The zero-order valence-corrected chi connectivity index (χ0v) is 14.4. The first-order valence-corrected chi connectivity index (χ1v) is 8.99. The van der Waals surface area contributed by atoms with Gasteiger partial charge in [0.15, 0.2) is 5.82 Å². The highest BCUT2D eigenvalue weighted by Gasteiger charge is 2.26. The monoisotopic (exact) mass is 314 g/mol. The first kappa shape index (κ1) is 14.8. The first-order chi connectivity index (χ1) is 11.2. The number of rotatable bonds is 5. The van der Waals surface area contributed by atoms with Crippen LogP contribution in [0.3, 0.4) is 0 Å². The summed E-state index contributed by atoms with van der Waals surface area (Å²) in [5.74, 6) is 0.999. The number of likely N-dealkylation sites (N-methyl/N-ethyl adjacent to an activating group) is 1. The number of hydrogen-bond donors (Lipinski definition) is 2. The van der Waals surface area contributed by atoms with Crippen molar-refractivity contribution in [1.29, 1.82) is 0 Å². The van der Waals surface area contributed by atoms with Crippen molar-refractivity contribution in [3.8, 4) is 0 Å². The van der Waals surface area contributed by atoms with E-state index in [9.17, 15) is 0 Å². The summed E-state index contributed by atoms with van der Waals surface area (Å²) >= 11 is 0. The molecule has 2 aliphatic rings. The molecule has 0 aromatic carbocycles. The summed E-state index contributed by atoms with van der Waals surface area (Å²) < 4.78 is 3.35. The lowest BCUT2D eigenvalue weighted by atomic mass is 10.2. The lowest BCUT2D eigenvalue weighted by Gasteiger charge is -2.29. The molecule has 0 saturated carbocycles. The molecule has 23 heavy (non-hydrogen) atoms. The van der Waals surface area contributed by atoms with Crippen LogP contribution in [0.4, 0.5) is 11.5 Å². The standard InChI is InChI=1S/C18H28N5/c1-19-17-16-9-8-14-6-5-7-15(14)22(16)21-18(17)20-10-13-23(2)11-3-4-12-23/h8-9,19H,3-7,10-13H2,1-2H3,(H,20,21)/q+1. The molecule has 1 fully saturated rings. The molecule has 0 unspecified atom stereocenters. The van der Waals surface area contributed by atoms with Crippen molar-refractivity contribution < 1.29 is 4.48 Å². The summed E-state index contributed by atoms with van der Waals surface area (Å²) in [6, 6.07) is 4.49. The maximum atomic E-state index is 4.88. The molecular weight excluding hydrogens is 286 g/mol. The third-order valence-electron chi connectivity index (χ3n) is 5.69. The van der Waals surface area contributed by atoms with E-state index in [4.69, 9.17) is 5.10 Å². The number of nitrogens with one attached hydrogen (secondary N) is 2. The summed E-state index contributed by atoms with van der Waals surface area (Å²) in [5, 5.41) is 11.8. The van der Waals surface area contributed by atoms with Gasteiger partial charge in [-0.05, 0) is 30.9 Å². The van der Waals surface area contributed by atoms with Gasteiger partial charge in [-0.3, -0.25) is 0 Å². The quantitative estimate of drug-likeness (QED) is 0.833. The Morgan fingerprint density at radius 2 is 2.00 bits per heavy atom. The average Bonchev–Trinajstić information content (AvgIpc) is 3.24. The zero-order chi connectivity index (χ0) is 15.9. The molecular formula is C18H28N5+. The molecule has 2 aromatic heterocycles. The van der Waals surface area contributed by atoms with Crippen LogP contribution in [0.1, 0.15) is 30.5 Å². The lowest BCUT2D eigenvalue weighted by Crippen LogP contribution is -2.44. The predicted molar refractivity (Wildman–Crippen MR) is 95.3 cm³/mol. The van der Waals surface area contributed by atoms with Crippen LogP contribution in [0.25, 0.3) is 5.52 Å². The fourth-order valence-electron chi connectivity index (χ4n) is 4.28. The van der Waals surface area contributed by atoms with Crippen LogP contribution in [-0.4, -0.2) is 54.4 Å². The fourth-order valence-corrected chi connectivity index (χ4v) is 4.28. The second-order valence-electron chi connectivity index (χ2n) is 7.35. The number of nitrogens with zero attached hydrogens (tertiary/aromatic N) is 3. The Morgan fingerprint density at radius 1 is 1.17 bits per heavy atom. The van der Waals surface area contributed by atoms with Crippen LogP contribution in [0.2, 0.25) is 0 Å². The zero-order valence-electron chi connectivity index (χ0n) is 14.4. The van der Waals surface area contributed by atoms with Crippen LogP contribution in [0.15, 0.2) is 12.1 Å². The van der Waals surface area contributed by atoms with Crippen LogP contribution in [0, 0.1) is 0 Å². The Labute approximate surface area is 138 Å². The van der Waals surface area contributed by atoms with Gasteiger partial charge >= 0.3 is 0 Å². The Morgan fingerprint density at radius 3 is 2.78 bits per heavy atom. The van der Waals surface area contributed by atoms with Crippen molar-refractivity contribution >= 4 is 17.0 Å². The second kappa shape index (κ2) is 5.71. The minimum atomic E-state index is 0.983. The number of hydrogen-bond acceptors (Lipinski definition) is 3. The largest absolute Gasteiger partial charge is 0.383 e. The van der Waals surface area contributed by atoms with Crippen molar-refractivity contribution in [1.82, 2.24) is 9.61 Å². The average molecular weight is 314 g/mol. The molecule has 1 aliphatic heterocycles. The predicted octanol–water partition coefficient (Wildman–Crippen LogP) is 2.52. The molecule has 1 saturated heterocycles. The van der Waals surface area contributed by atoms with Crippen LogP contribution in [-0.2, 0) is 12.8 Å². The van der Waals surface area contributed by atoms with Gasteiger partial charge in [-0.25, -0.2) is 4.52 Å². The van der Waals surface area contributed by atoms with Gasteiger partial charge in [0, 0.05) is 25.6 Å². The van der Waals surface area contributed by atoms with Gasteiger partial charge in [0.1, 0.15) is 5.69 Å². The summed E-state index contributed by atoms with van der Waals surface area (Å²) in [6.07, 6.45) is 6.34. The Hall–Kier alpha value is -1.75. The number of pyridine rings is 1. The summed E-state index contributed by atoms with van der Waals surface area (Å²) in [7, 11) is 4.37. The van der Waals surface area contributed by atoms with E-state index in [0.717, 1.165) is 24.5 Å². The van der Waals surface area contributed by atoms with E-state index < -0.39 is 0 Å². The normalized spacial score (nSPS) is 19.2. The number of fused-ring (bicyclic) bond motifs is 3. The van der Waals surface area contributed by atoms with E-state index in [-0.39, 0.29) is 0 Å². The van der Waals surface area contributed by atoms with E-state index >= 15 is 0 Å². The highest BCUT2D eigenvalue weighted by Crippen LogP contribution is 2.31. The van der Waals surface area contributed by atoms with Crippen molar-refractivity contribution in [3.63, 3.8) is 0 Å². The van der Waals surface area contributed by atoms with Crippen molar-refractivity contribution in [2.45, 2.75) is 32.1 Å². The SMILES string of the molecule is CNc1c(NCC[N+]2(C)CCCC2)nn2c3c(ccc12)CCC3. The molecule has 4 rings (SSSR count). The molecule has 5 nitrogen and oxygen atoms in total. The number of quaternary nitrogens is 1. The molecule has 0 spiro atoms. The number of likely N-dealkylation sites (tertiary alicyclic amines) is 1. The van der Waals surface area contributed by atoms with Gasteiger partial charge < -0.3 is 15.1 Å². The maximum absolute atomic E-state index is 4.88. The van der Waals surface area contributed by atoms with Crippen molar-refractivity contribution in [2.24, 2.45) is 0 Å². The number of anilines is 2. The van der Waals surface area contributed by atoms with E-state index in [1.54, 1.807) is 0 Å². The first-order valence-electron chi connectivity index (χ1n) is 8.99. The van der Waals surface area contributed by atoms with Crippen molar-refractivity contribution in [2.75, 3.05) is 50.9 Å². The molecule has 2 aromatic rings. The smallest absolute Gasteiger partial charge is 0.172 e. The number of aromatic nitrogens is 2. The van der Waals surface area contributed by atoms with Gasteiger partial charge in [0.2, 0.25) is 0 Å². The van der Waals surface area contributed by atoms with Gasteiger partial charge in [-0.1, -0.05) is 6.07 Å². The van der Waals surface area contributed by atoms with Gasteiger partial charge in [0.05, 0.1) is 38.7 Å². The Bertz CT molecular complexity index is 712. The topological polar surface area (TPSA) is 41.4 Å². The minimum Gasteiger partial charge on any atom is -0.383 e. The highest BCUT2D eigenvalue weighted by molar-refractivity contribution is 5.83. The van der Waals surface area contributed by atoms with E-state index in [1.165, 1.54) is 66.6 Å².